The van der Waals surface area contributed by atoms with E-state index in [-0.39, 0.29) is 24.5 Å². The van der Waals surface area contributed by atoms with Crippen LogP contribution in [0.25, 0.3) is 11.1 Å². The van der Waals surface area contributed by atoms with Crippen molar-refractivity contribution in [2.24, 2.45) is 17.8 Å². The van der Waals surface area contributed by atoms with Crippen LogP contribution in [0.3, 0.4) is 0 Å². The number of nitrogens with one attached hydrogen (secondary N) is 1. The van der Waals surface area contributed by atoms with E-state index in [1.807, 2.05) is 37.1 Å². The van der Waals surface area contributed by atoms with Gasteiger partial charge in [-0.3, -0.25) is 9.48 Å². The average Bonchev–Trinajstić information content (AvgIpc) is 3.83. The molecule has 9 nitrogen and oxygen atoms in total. The molecule has 3 saturated carbocycles. The van der Waals surface area contributed by atoms with Gasteiger partial charge >= 0.3 is 6.09 Å². The summed E-state index contributed by atoms with van der Waals surface area (Å²) >= 11 is 0. The van der Waals surface area contributed by atoms with Gasteiger partial charge in [0, 0.05) is 43.1 Å². The van der Waals surface area contributed by atoms with Crippen LogP contribution in [0.5, 0.6) is 0 Å². The first-order valence-electron chi connectivity index (χ1n) is 17.8. The molecule has 0 radical (unpaired) electrons. The molecule has 0 atom stereocenters. The lowest BCUT2D eigenvalue weighted by Crippen LogP contribution is -2.42. The van der Waals surface area contributed by atoms with Crippen LogP contribution in [0.2, 0.25) is 0 Å². The Morgan fingerprint density at radius 3 is 2.42 bits per heavy atom. The summed E-state index contributed by atoms with van der Waals surface area (Å²) in [7, 11) is 1.70. The molecule has 0 unspecified atom stereocenters. The van der Waals surface area contributed by atoms with Crippen molar-refractivity contribution in [3.05, 3.63) is 72.3 Å². The molecule has 1 heterocycles. The van der Waals surface area contributed by atoms with Gasteiger partial charge in [0.1, 0.15) is 11.9 Å². The summed E-state index contributed by atoms with van der Waals surface area (Å²) in [6.45, 7) is 9.57. The Morgan fingerprint density at radius 1 is 1.02 bits per heavy atom. The lowest BCUT2D eigenvalue weighted by molar-refractivity contribution is -0.124. The van der Waals surface area contributed by atoms with E-state index in [0.29, 0.717) is 63.1 Å². The van der Waals surface area contributed by atoms with Crippen LogP contribution in [-0.4, -0.2) is 59.8 Å². The minimum atomic E-state index is -0.452. The molecule has 3 fully saturated rings. The molecule has 3 aliphatic carbocycles. The fourth-order valence-electron chi connectivity index (χ4n) is 7.04. The van der Waals surface area contributed by atoms with Gasteiger partial charge in [0.15, 0.2) is 0 Å². The standard InChI is InChI=1S/C39H54N4O5/c1-27(2)37(47-4)20-9-28(3)30-12-10-29(11-13-30)25-42(35-8-5-7-32(23-35)33-24-41-43(26-33)34-16-17-34)38(45)31-14-18-36(19-15-31)48-39(46)40-21-6-22-44/h5,7-9,20,23-24,26,29-31,34,36,44H,3,6,10-19,21-22,25H2,1-2,4H3,(H,40,46)/b20-9-/t29-,30-,31-,36-. The van der Waals surface area contributed by atoms with Crippen LogP contribution in [-0.2, 0) is 14.3 Å². The number of amides is 2. The molecule has 2 aromatic rings. The monoisotopic (exact) mass is 658 g/mol. The van der Waals surface area contributed by atoms with E-state index in [1.54, 1.807) is 7.11 Å². The molecule has 5 rings (SSSR count). The molecule has 260 valence electrons. The Bertz CT molecular complexity index is 1450. The molecular formula is C39H54N4O5. The zero-order valence-corrected chi connectivity index (χ0v) is 29.0. The number of allylic oxidation sites excluding steroid dienone is 4. The predicted molar refractivity (Wildman–Crippen MR) is 189 cm³/mol. The van der Waals surface area contributed by atoms with E-state index in [0.717, 1.165) is 59.4 Å². The molecule has 1 aromatic heterocycles. The van der Waals surface area contributed by atoms with Crippen molar-refractivity contribution in [1.82, 2.24) is 15.1 Å². The third-order valence-electron chi connectivity index (χ3n) is 10.2. The number of anilines is 1. The fourth-order valence-corrected chi connectivity index (χ4v) is 7.04. The van der Waals surface area contributed by atoms with Crippen LogP contribution in [0.15, 0.2) is 72.3 Å². The Hall–Kier alpha value is -3.85. The van der Waals surface area contributed by atoms with Crippen LogP contribution in [0.4, 0.5) is 10.5 Å². The highest BCUT2D eigenvalue weighted by atomic mass is 16.6. The van der Waals surface area contributed by atoms with Crippen LogP contribution < -0.4 is 10.2 Å². The summed E-state index contributed by atoms with van der Waals surface area (Å²) in [6, 6.07) is 8.87. The van der Waals surface area contributed by atoms with E-state index in [9.17, 15) is 9.59 Å². The van der Waals surface area contributed by atoms with Gasteiger partial charge < -0.3 is 24.8 Å². The first-order valence-corrected chi connectivity index (χ1v) is 17.8. The summed E-state index contributed by atoms with van der Waals surface area (Å²) in [6.07, 6.45) is 17.3. The zero-order chi connectivity index (χ0) is 34.0. The number of carbonyl (C=O) groups is 2. The maximum Gasteiger partial charge on any atom is 0.407 e. The predicted octanol–water partition coefficient (Wildman–Crippen LogP) is 7.74. The summed E-state index contributed by atoms with van der Waals surface area (Å²) in [5.74, 6) is 1.75. The Labute approximate surface area is 286 Å². The molecule has 1 aromatic carbocycles. The molecule has 0 aliphatic heterocycles. The van der Waals surface area contributed by atoms with Crippen LogP contribution in [0, 0.1) is 17.8 Å². The number of aliphatic hydroxyl groups is 1. The van der Waals surface area contributed by atoms with Crippen molar-refractivity contribution in [2.75, 3.05) is 31.7 Å². The second kappa shape index (κ2) is 17.0. The molecule has 0 spiro atoms. The summed E-state index contributed by atoms with van der Waals surface area (Å²) in [5.41, 5.74) is 5.35. The topological polar surface area (TPSA) is 106 Å². The first kappa shape index (κ1) is 35.5. The lowest BCUT2D eigenvalue weighted by atomic mass is 9.78. The third-order valence-corrected chi connectivity index (χ3v) is 10.2. The van der Waals surface area contributed by atoms with E-state index < -0.39 is 6.09 Å². The molecule has 2 amide bonds. The largest absolute Gasteiger partial charge is 0.497 e. The van der Waals surface area contributed by atoms with Crippen molar-refractivity contribution < 1.29 is 24.2 Å². The number of methoxy groups -OCH3 is 1. The molecule has 0 saturated heterocycles. The number of aliphatic hydroxyl groups excluding tert-OH is 1. The van der Waals surface area contributed by atoms with Crippen LogP contribution in [0.1, 0.15) is 90.5 Å². The van der Waals surface area contributed by atoms with Gasteiger partial charge in [-0.2, -0.15) is 5.10 Å². The molecule has 2 N–H and O–H groups in total. The number of ether oxygens (including phenoxy) is 2. The molecular weight excluding hydrogens is 604 g/mol. The van der Waals surface area contributed by atoms with E-state index in [2.05, 4.69) is 52.1 Å². The van der Waals surface area contributed by atoms with Gasteiger partial charge in [-0.15, -0.1) is 0 Å². The van der Waals surface area contributed by atoms with Crippen molar-refractivity contribution in [3.63, 3.8) is 0 Å². The number of hydrogen-bond donors (Lipinski definition) is 2. The van der Waals surface area contributed by atoms with Crippen molar-refractivity contribution in [3.8, 4) is 11.1 Å². The maximum absolute atomic E-state index is 14.4. The number of aromatic nitrogens is 2. The number of carbonyl (C=O) groups excluding carboxylic acids is 2. The number of alkyl carbamates (subject to hydrolysis) is 1. The third kappa shape index (κ3) is 9.62. The quantitative estimate of drug-likeness (QED) is 0.122. The number of rotatable bonds is 14. The van der Waals surface area contributed by atoms with Gasteiger partial charge in [0.2, 0.25) is 5.91 Å². The minimum absolute atomic E-state index is 0.0251. The Morgan fingerprint density at radius 2 is 1.75 bits per heavy atom. The van der Waals surface area contributed by atoms with Gasteiger partial charge in [-0.1, -0.05) is 30.4 Å². The number of hydrogen-bond acceptors (Lipinski definition) is 6. The first-order chi connectivity index (χ1) is 23.2. The van der Waals surface area contributed by atoms with Gasteiger partial charge in [-0.05, 0) is 126 Å². The maximum atomic E-state index is 14.4. The Kier molecular flexibility index (Phi) is 12.6. The second-order valence-corrected chi connectivity index (χ2v) is 14.0. The highest BCUT2D eigenvalue weighted by Crippen LogP contribution is 2.38. The molecule has 48 heavy (non-hydrogen) atoms. The zero-order valence-electron chi connectivity index (χ0n) is 29.0. The lowest BCUT2D eigenvalue weighted by Gasteiger charge is -2.36. The highest BCUT2D eigenvalue weighted by Gasteiger charge is 2.34. The van der Waals surface area contributed by atoms with Crippen molar-refractivity contribution in [1.29, 1.82) is 0 Å². The number of benzene rings is 1. The fraction of sp³-hybridized carbons (Fsp3) is 0.564. The van der Waals surface area contributed by atoms with Crippen molar-refractivity contribution in [2.45, 2.75) is 96.6 Å². The van der Waals surface area contributed by atoms with E-state index >= 15 is 0 Å². The van der Waals surface area contributed by atoms with E-state index in [1.165, 1.54) is 12.8 Å². The normalized spacial score (nSPS) is 22.6. The summed E-state index contributed by atoms with van der Waals surface area (Å²) in [5, 5.41) is 16.2. The Balaban J connectivity index is 1.25. The van der Waals surface area contributed by atoms with E-state index in [4.69, 9.17) is 14.6 Å². The smallest absolute Gasteiger partial charge is 0.407 e. The number of nitrogens with zero attached hydrogens (tertiary/aromatic N) is 3. The SMILES string of the molecule is C=C(/C=C\C(OC)=C(C)C)[C@H]1CC[C@H](CN(c2cccc(-c3cnn(C4CC4)c3)c2)C(=O)[C@H]2CC[C@H](OC(=O)NCCCO)CC2)CC1. The second-order valence-electron chi connectivity index (χ2n) is 14.0. The molecule has 3 aliphatic rings. The molecule has 9 heteroatoms. The van der Waals surface area contributed by atoms with Gasteiger partial charge in [0.05, 0.1) is 19.3 Å². The highest BCUT2D eigenvalue weighted by molar-refractivity contribution is 5.95. The van der Waals surface area contributed by atoms with Crippen molar-refractivity contribution >= 4 is 17.7 Å². The summed E-state index contributed by atoms with van der Waals surface area (Å²) < 4.78 is 13.2. The van der Waals surface area contributed by atoms with Gasteiger partial charge in [0.25, 0.3) is 0 Å². The minimum Gasteiger partial charge on any atom is -0.497 e. The van der Waals surface area contributed by atoms with Crippen LogP contribution >= 0.6 is 0 Å². The molecule has 0 bridgehead atoms. The summed E-state index contributed by atoms with van der Waals surface area (Å²) in [4.78, 5) is 28.6. The van der Waals surface area contributed by atoms with Gasteiger partial charge in [-0.25, -0.2) is 4.79 Å². The average molecular weight is 659 g/mol.